The summed E-state index contributed by atoms with van der Waals surface area (Å²) in [6.45, 7) is -1.19. The maximum Gasteiger partial charge on any atom is 0.248 e. The molecule has 0 aliphatic rings. The van der Waals surface area contributed by atoms with Gasteiger partial charge in [0.2, 0.25) is 17.6 Å². The number of aliphatic hydroxyl groups excluding tert-OH is 1. The Morgan fingerprint density at radius 2 is 1.83 bits per heavy atom. The van der Waals surface area contributed by atoms with Crippen LogP contribution in [0.4, 0.5) is 5.69 Å². The van der Waals surface area contributed by atoms with Crippen LogP contribution in [-0.2, 0) is 7.05 Å². The predicted octanol–water partition coefficient (Wildman–Crippen LogP) is 1.25. The Morgan fingerprint density at radius 3 is 2.53 bits per heavy atom. The number of rotatable bonds is 6. The van der Waals surface area contributed by atoms with Gasteiger partial charge in [-0.2, -0.15) is 5.26 Å². The number of imidazole rings is 1. The first-order chi connectivity index (χ1) is 14.4. The number of aromatic nitrogens is 4. The molecule has 0 saturated heterocycles. The minimum Gasteiger partial charge on any atom is -0.416 e. The highest BCUT2D eigenvalue weighted by atomic mass is 16.5. The van der Waals surface area contributed by atoms with E-state index in [2.05, 4.69) is 20.5 Å². The van der Waals surface area contributed by atoms with Gasteiger partial charge < -0.3 is 29.6 Å². The van der Waals surface area contributed by atoms with Crippen LogP contribution >= 0.6 is 0 Å². The summed E-state index contributed by atoms with van der Waals surface area (Å²) in [6, 6.07) is 12.5. The summed E-state index contributed by atoms with van der Waals surface area (Å²) in [4.78, 5) is 4.28. The number of nitrogens with zero attached hydrogens (tertiary/aromatic N) is 5. The third-order valence-electron chi connectivity index (χ3n) is 4.60. The second kappa shape index (κ2) is 7.57. The number of hydrogen-bond acceptors (Lipinski definition) is 9. The van der Waals surface area contributed by atoms with Crippen molar-refractivity contribution in [1.82, 2.24) is 19.7 Å². The van der Waals surface area contributed by atoms with E-state index >= 15 is 0 Å². The van der Waals surface area contributed by atoms with Crippen LogP contribution in [0.5, 0.6) is 0 Å². The van der Waals surface area contributed by atoms with Crippen LogP contribution in [0.25, 0.3) is 33.9 Å². The summed E-state index contributed by atoms with van der Waals surface area (Å²) in [5, 5.41) is 48.2. The quantitative estimate of drug-likeness (QED) is 0.346. The third-order valence-corrected chi connectivity index (χ3v) is 4.60. The molecule has 2 aromatic heterocycles. The van der Waals surface area contributed by atoms with Crippen molar-refractivity contribution in [3.8, 4) is 29.0 Å². The van der Waals surface area contributed by atoms with Gasteiger partial charge in [0.15, 0.2) is 0 Å². The van der Waals surface area contributed by atoms with E-state index in [4.69, 9.17) is 9.52 Å². The minimum absolute atomic E-state index is 0.243. The van der Waals surface area contributed by atoms with Crippen LogP contribution < -0.4 is 5.32 Å². The molecule has 0 fully saturated rings. The van der Waals surface area contributed by atoms with Gasteiger partial charge in [-0.25, -0.2) is 4.98 Å². The van der Waals surface area contributed by atoms with Crippen LogP contribution in [-0.4, -0.2) is 54.0 Å². The fourth-order valence-corrected chi connectivity index (χ4v) is 2.93. The Morgan fingerprint density at radius 1 is 1.13 bits per heavy atom. The van der Waals surface area contributed by atoms with E-state index in [9.17, 15) is 15.5 Å². The number of nitrogens with one attached hydrogen (secondary N) is 1. The molecule has 4 rings (SSSR count). The van der Waals surface area contributed by atoms with Crippen molar-refractivity contribution in [2.75, 3.05) is 18.5 Å². The van der Waals surface area contributed by atoms with Crippen LogP contribution in [0.3, 0.4) is 0 Å². The van der Waals surface area contributed by atoms with E-state index in [1.807, 2.05) is 35.9 Å². The van der Waals surface area contributed by atoms with E-state index in [-0.39, 0.29) is 18.0 Å². The zero-order valence-electron chi connectivity index (χ0n) is 15.9. The fraction of sp³-hybridized carbons (Fsp3) is 0.200. The zero-order valence-corrected chi connectivity index (χ0v) is 15.9. The highest BCUT2D eigenvalue weighted by Gasteiger charge is 2.22. The molecule has 30 heavy (non-hydrogen) atoms. The second-order valence-corrected chi connectivity index (χ2v) is 6.84. The average Bonchev–Trinajstić information content (AvgIpc) is 3.39. The molecule has 0 bridgehead atoms. The molecule has 0 atom stereocenters. The lowest BCUT2D eigenvalue weighted by Crippen LogP contribution is -2.40. The van der Waals surface area contributed by atoms with Gasteiger partial charge in [0, 0.05) is 18.2 Å². The molecule has 0 saturated carbocycles. The topological polar surface area (TPSA) is 153 Å². The summed E-state index contributed by atoms with van der Waals surface area (Å²) < 4.78 is 7.69. The van der Waals surface area contributed by atoms with Crippen LogP contribution in [0.1, 0.15) is 5.56 Å². The highest BCUT2D eigenvalue weighted by Crippen LogP contribution is 2.28. The number of fused-ring (bicyclic) bond motifs is 1. The first-order valence-electron chi connectivity index (χ1n) is 8.99. The lowest BCUT2D eigenvalue weighted by atomic mass is 10.1. The van der Waals surface area contributed by atoms with Gasteiger partial charge in [-0.1, -0.05) is 0 Å². The number of hydrogen-bond donors (Lipinski definition) is 4. The van der Waals surface area contributed by atoms with Crippen molar-refractivity contribution in [2.24, 2.45) is 7.05 Å². The number of aliphatic hydroxyl groups is 3. The fourth-order valence-electron chi connectivity index (χ4n) is 2.93. The number of anilines is 1. The number of nitriles is 1. The van der Waals surface area contributed by atoms with E-state index in [0.717, 1.165) is 16.6 Å². The minimum atomic E-state index is -2.29. The Kier molecular flexibility index (Phi) is 4.93. The van der Waals surface area contributed by atoms with E-state index in [1.165, 1.54) is 0 Å². The van der Waals surface area contributed by atoms with Gasteiger partial charge in [0.05, 0.1) is 41.8 Å². The largest absolute Gasteiger partial charge is 0.416 e. The van der Waals surface area contributed by atoms with Crippen molar-refractivity contribution < 1.29 is 19.7 Å². The Balaban J connectivity index is 1.61. The third kappa shape index (κ3) is 3.72. The van der Waals surface area contributed by atoms with Crippen molar-refractivity contribution in [3.63, 3.8) is 0 Å². The average molecular weight is 406 g/mol. The first kappa shape index (κ1) is 19.5. The normalized spacial score (nSPS) is 11.6. The SMILES string of the molecule is Cn1cnc2ccc(-c3nnc(-c4ccc(NCC(O)(O)CO)c(C#N)c4)o3)cc21. The predicted molar refractivity (Wildman–Crippen MR) is 107 cm³/mol. The molecule has 10 heteroatoms. The lowest BCUT2D eigenvalue weighted by Gasteiger charge is -2.20. The molecule has 152 valence electrons. The van der Waals surface area contributed by atoms with Gasteiger partial charge >= 0.3 is 0 Å². The molecule has 0 amide bonds. The highest BCUT2D eigenvalue weighted by molar-refractivity contribution is 5.80. The monoisotopic (exact) mass is 406 g/mol. The Bertz CT molecular complexity index is 1250. The maximum atomic E-state index is 9.48. The van der Waals surface area contributed by atoms with E-state index < -0.39 is 12.4 Å². The molecular formula is C20H18N6O4. The van der Waals surface area contributed by atoms with Crippen molar-refractivity contribution >= 4 is 16.7 Å². The second-order valence-electron chi connectivity index (χ2n) is 6.84. The summed E-state index contributed by atoms with van der Waals surface area (Å²) >= 11 is 0. The van der Waals surface area contributed by atoms with Crippen LogP contribution in [0.15, 0.2) is 47.1 Å². The summed E-state index contributed by atoms with van der Waals surface area (Å²) in [5.74, 6) is -1.71. The zero-order chi connectivity index (χ0) is 21.3. The summed E-state index contributed by atoms with van der Waals surface area (Å²) in [5.41, 5.74) is 3.70. The Labute approximate surface area is 170 Å². The lowest BCUT2D eigenvalue weighted by molar-refractivity contribution is -0.174. The molecule has 4 aromatic rings. The number of aryl methyl sites for hydroxylation is 1. The van der Waals surface area contributed by atoms with E-state index in [0.29, 0.717) is 17.1 Å². The van der Waals surface area contributed by atoms with Crippen LogP contribution in [0.2, 0.25) is 0 Å². The van der Waals surface area contributed by atoms with Crippen molar-refractivity contribution in [3.05, 3.63) is 48.3 Å². The maximum absolute atomic E-state index is 9.48. The number of benzene rings is 2. The molecular weight excluding hydrogens is 388 g/mol. The van der Waals surface area contributed by atoms with E-state index in [1.54, 1.807) is 24.5 Å². The smallest absolute Gasteiger partial charge is 0.248 e. The summed E-state index contributed by atoms with van der Waals surface area (Å²) in [7, 11) is 1.90. The van der Waals surface area contributed by atoms with Crippen molar-refractivity contribution in [1.29, 1.82) is 5.26 Å². The van der Waals surface area contributed by atoms with Gasteiger partial charge in [0.1, 0.15) is 6.07 Å². The van der Waals surface area contributed by atoms with Gasteiger partial charge in [-0.05, 0) is 36.4 Å². The first-order valence-corrected chi connectivity index (χ1v) is 8.99. The molecule has 2 aromatic carbocycles. The van der Waals surface area contributed by atoms with Gasteiger partial charge in [0.25, 0.3) is 0 Å². The Hall–Kier alpha value is -3.78. The molecule has 0 aliphatic heterocycles. The molecule has 4 N–H and O–H groups in total. The molecule has 0 aliphatic carbocycles. The molecule has 0 spiro atoms. The van der Waals surface area contributed by atoms with Crippen molar-refractivity contribution in [2.45, 2.75) is 5.79 Å². The van der Waals surface area contributed by atoms with Gasteiger partial charge in [-0.3, -0.25) is 0 Å². The summed E-state index contributed by atoms with van der Waals surface area (Å²) in [6.07, 6.45) is 1.73. The standard InChI is InChI=1S/C20H18N6O4/c1-26-11-23-16-5-3-13(7-17(16)26)19-25-24-18(30-19)12-2-4-15(14(6-12)8-21)22-9-20(28,29)10-27/h2-7,11,22,27-29H,9-10H2,1H3. The molecule has 0 unspecified atom stereocenters. The molecule has 0 radical (unpaired) electrons. The molecule has 10 nitrogen and oxygen atoms in total. The van der Waals surface area contributed by atoms with Crippen LogP contribution in [0, 0.1) is 11.3 Å². The molecule has 2 heterocycles. The van der Waals surface area contributed by atoms with Gasteiger partial charge in [-0.15, -0.1) is 10.2 Å².